The van der Waals surface area contributed by atoms with Gasteiger partial charge < -0.3 is 11.1 Å². The number of fused-ring (bicyclic) bond motifs is 1. The quantitative estimate of drug-likeness (QED) is 0.715. The zero-order chi connectivity index (χ0) is 13.1. The van der Waals surface area contributed by atoms with Crippen molar-refractivity contribution in [3.05, 3.63) is 47.2 Å². The maximum absolute atomic E-state index is 5.97. The third-order valence-corrected chi connectivity index (χ3v) is 3.83. The maximum Gasteiger partial charge on any atom is 0.0942 e. The Balaban J connectivity index is 1.79. The maximum atomic E-state index is 5.97. The molecule has 5 heteroatoms. The van der Waals surface area contributed by atoms with Crippen molar-refractivity contribution in [2.75, 3.05) is 17.6 Å². The molecule has 0 radical (unpaired) electrons. The zero-order valence-electron chi connectivity index (χ0n) is 10.3. The van der Waals surface area contributed by atoms with E-state index in [1.165, 1.54) is 0 Å². The summed E-state index contributed by atoms with van der Waals surface area (Å²) in [5, 5.41) is 8.66. The number of nitrogens with zero attached hydrogens (tertiary/aromatic N) is 2. The molecular formula is C14H14N4S. The molecule has 0 fully saturated rings. The van der Waals surface area contributed by atoms with E-state index in [4.69, 9.17) is 5.73 Å². The van der Waals surface area contributed by atoms with Gasteiger partial charge in [-0.15, -0.1) is 11.3 Å². The van der Waals surface area contributed by atoms with E-state index in [-0.39, 0.29) is 0 Å². The predicted octanol–water partition coefficient (Wildman–Crippen LogP) is 2.93. The molecule has 0 aliphatic heterocycles. The van der Waals surface area contributed by atoms with Gasteiger partial charge in [0.05, 0.1) is 5.01 Å². The molecule has 0 amide bonds. The normalized spacial score (nSPS) is 10.7. The lowest BCUT2D eigenvalue weighted by Gasteiger charge is -2.10. The highest BCUT2D eigenvalue weighted by atomic mass is 32.1. The lowest BCUT2D eigenvalue weighted by atomic mass is 10.1. The fourth-order valence-corrected chi connectivity index (χ4v) is 2.67. The topological polar surface area (TPSA) is 63.8 Å². The standard InChI is InChI=1S/C14H14N4S/c15-12-1-2-13(11-9-16-5-3-10(11)12)17-6-4-14-18-7-8-19-14/h1-3,5,7-9,17H,4,6,15H2. The lowest BCUT2D eigenvalue weighted by molar-refractivity contribution is 1.000. The summed E-state index contributed by atoms with van der Waals surface area (Å²) in [6, 6.07) is 5.87. The molecule has 0 unspecified atom stereocenters. The van der Waals surface area contributed by atoms with Crippen LogP contribution < -0.4 is 11.1 Å². The van der Waals surface area contributed by atoms with Crippen LogP contribution in [-0.2, 0) is 6.42 Å². The number of rotatable bonds is 4. The average molecular weight is 270 g/mol. The minimum Gasteiger partial charge on any atom is -0.398 e. The molecule has 3 rings (SSSR count). The van der Waals surface area contributed by atoms with Gasteiger partial charge in [-0.05, 0) is 18.2 Å². The van der Waals surface area contributed by atoms with E-state index >= 15 is 0 Å². The molecular weight excluding hydrogens is 256 g/mol. The van der Waals surface area contributed by atoms with E-state index in [1.807, 2.05) is 36.0 Å². The largest absolute Gasteiger partial charge is 0.398 e. The monoisotopic (exact) mass is 270 g/mol. The molecule has 4 nitrogen and oxygen atoms in total. The van der Waals surface area contributed by atoms with Crippen LogP contribution in [0.3, 0.4) is 0 Å². The van der Waals surface area contributed by atoms with Crippen LogP contribution >= 0.6 is 11.3 Å². The van der Waals surface area contributed by atoms with Crippen LogP contribution in [0.4, 0.5) is 11.4 Å². The predicted molar refractivity (Wildman–Crippen MR) is 80.5 cm³/mol. The molecule has 0 saturated heterocycles. The second-order valence-electron chi connectivity index (χ2n) is 4.23. The third-order valence-electron chi connectivity index (χ3n) is 2.99. The summed E-state index contributed by atoms with van der Waals surface area (Å²) in [7, 11) is 0. The van der Waals surface area contributed by atoms with E-state index in [0.29, 0.717) is 0 Å². The molecule has 0 aliphatic rings. The summed E-state index contributed by atoms with van der Waals surface area (Å²) in [5.41, 5.74) is 7.81. The summed E-state index contributed by atoms with van der Waals surface area (Å²) >= 11 is 1.68. The summed E-state index contributed by atoms with van der Waals surface area (Å²) in [5.74, 6) is 0. The second kappa shape index (κ2) is 5.24. The number of nitrogens with one attached hydrogen (secondary N) is 1. The van der Waals surface area contributed by atoms with Crippen molar-refractivity contribution in [3.63, 3.8) is 0 Å². The van der Waals surface area contributed by atoms with Gasteiger partial charge in [0.25, 0.3) is 0 Å². The van der Waals surface area contributed by atoms with E-state index < -0.39 is 0 Å². The number of pyridine rings is 1. The van der Waals surface area contributed by atoms with Gasteiger partial charge in [0.15, 0.2) is 0 Å². The Kier molecular flexibility index (Phi) is 3.29. The number of nitrogen functional groups attached to an aromatic ring is 1. The van der Waals surface area contributed by atoms with Gasteiger partial charge in [-0.3, -0.25) is 4.98 Å². The van der Waals surface area contributed by atoms with Crippen molar-refractivity contribution < 1.29 is 0 Å². The van der Waals surface area contributed by atoms with Crippen LogP contribution in [0.5, 0.6) is 0 Å². The smallest absolute Gasteiger partial charge is 0.0942 e. The first-order chi connectivity index (χ1) is 9.34. The number of aromatic nitrogens is 2. The summed E-state index contributed by atoms with van der Waals surface area (Å²) < 4.78 is 0. The summed E-state index contributed by atoms with van der Waals surface area (Å²) in [6.07, 6.45) is 6.36. The Bertz CT molecular complexity index is 679. The van der Waals surface area contributed by atoms with Gasteiger partial charge in [-0.1, -0.05) is 0 Å². The molecule has 3 aromatic rings. The van der Waals surface area contributed by atoms with Gasteiger partial charge in [-0.2, -0.15) is 0 Å². The third kappa shape index (κ3) is 2.51. The van der Waals surface area contributed by atoms with E-state index in [1.54, 1.807) is 17.5 Å². The number of anilines is 2. The van der Waals surface area contributed by atoms with E-state index in [0.717, 1.165) is 40.1 Å². The molecule has 2 aromatic heterocycles. The first-order valence-corrected chi connectivity index (χ1v) is 6.97. The molecule has 0 bridgehead atoms. The number of thiazole rings is 1. The van der Waals surface area contributed by atoms with Crippen molar-refractivity contribution in [2.45, 2.75) is 6.42 Å². The van der Waals surface area contributed by atoms with E-state index in [2.05, 4.69) is 15.3 Å². The highest BCUT2D eigenvalue weighted by Crippen LogP contribution is 2.27. The van der Waals surface area contributed by atoms with Crippen molar-refractivity contribution in [1.82, 2.24) is 9.97 Å². The Morgan fingerprint density at radius 2 is 2.11 bits per heavy atom. The summed E-state index contributed by atoms with van der Waals surface area (Å²) in [4.78, 5) is 8.44. The van der Waals surface area contributed by atoms with Crippen molar-refractivity contribution in [1.29, 1.82) is 0 Å². The molecule has 0 atom stereocenters. The van der Waals surface area contributed by atoms with Gasteiger partial charge in [-0.25, -0.2) is 4.98 Å². The van der Waals surface area contributed by atoms with E-state index in [9.17, 15) is 0 Å². The second-order valence-corrected chi connectivity index (χ2v) is 5.21. The number of benzene rings is 1. The SMILES string of the molecule is Nc1ccc(NCCc2nccs2)c2cnccc12. The lowest BCUT2D eigenvalue weighted by Crippen LogP contribution is -2.05. The zero-order valence-corrected chi connectivity index (χ0v) is 11.2. The van der Waals surface area contributed by atoms with Crippen LogP contribution in [0.1, 0.15) is 5.01 Å². The van der Waals surface area contributed by atoms with Crippen LogP contribution in [0.15, 0.2) is 42.2 Å². The Labute approximate surface area is 115 Å². The summed E-state index contributed by atoms with van der Waals surface area (Å²) in [6.45, 7) is 0.849. The van der Waals surface area contributed by atoms with Crippen LogP contribution in [0.2, 0.25) is 0 Å². The van der Waals surface area contributed by atoms with Gasteiger partial charge in [0.2, 0.25) is 0 Å². The van der Waals surface area contributed by atoms with Crippen molar-refractivity contribution >= 4 is 33.5 Å². The molecule has 3 N–H and O–H groups in total. The molecule has 1 aromatic carbocycles. The van der Waals surface area contributed by atoms with Crippen molar-refractivity contribution in [2.24, 2.45) is 0 Å². The fourth-order valence-electron chi connectivity index (χ4n) is 2.05. The molecule has 0 saturated carbocycles. The molecule has 0 spiro atoms. The molecule has 96 valence electrons. The number of nitrogens with two attached hydrogens (primary N) is 1. The van der Waals surface area contributed by atoms with Crippen LogP contribution in [0.25, 0.3) is 10.8 Å². The van der Waals surface area contributed by atoms with Crippen LogP contribution in [-0.4, -0.2) is 16.5 Å². The highest BCUT2D eigenvalue weighted by molar-refractivity contribution is 7.09. The van der Waals surface area contributed by atoms with Gasteiger partial charge >= 0.3 is 0 Å². The minimum absolute atomic E-state index is 0.780. The highest BCUT2D eigenvalue weighted by Gasteiger charge is 2.04. The molecule has 19 heavy (non-hydrogen) atoms. The Morgan fingerprint density at radius 1 is 1.16 bits per heavy atom. The first-order valence-electron chi connectivity index (χ1n) is 6.09. The number of hydrogen-bond acceptors (Lipinski definition) is 5. The van der Waals surface area contributed by atoms with Crippen LogP contribution in [0, 0.1) is 0 Å². The van der Waals surface area contributed by atoms with Gasteiger partial charge in [0.1, 0.15) is 0 Å². The fraction of sp³-hybridized carbons (Fsp3) is 0.143. The Hall–Kier alpha value is -2.14. The minimum atomic E-state index is 0.780. The van der Waals surface area contributed by atoms with Gasteiger partial charge in [0, 0.05) is 59.1 Å². The average Bonchev–Trinajstić information content (AvgIpc) is 2.95. The number of hydrogen-bond donors (Lipinski definition) is 2. The Morgan fingerprint density at radius 3 is 2.95 bits per heavy atom. The molecule has 2 heterocycles. The van der Waals surface area contributed by atoms with Crippen molar-refractivity contribution in [3.8, 4) is 0 Å². The molecule has 0 aliphatic carbocycles. The first kappa shape index (κ1) is 11.9.